The fourth-order valence-corrected chi connectivity index (χ4v) is 7.32. The minimum absolute atomic E-state index is 0.0804. The molecule has 40 heavy (non-hydrogen) atoms. The van der Waals surface area contributed by atoms with E-state index in [2.05, 4.69) is 54.8 Å². The van der Waals surface area contributed by atoms with Crippen molar-refractivity contribution in [2.24, 2.45) is 4.99 Å². The molecule has 1 atom stereocenters. The van der Waals surface area contributed by atoms with Crippen LogP contribution >= 0.6 is 23.1 Å². The molecule has 2 aliphatic rings. The number of hydrogen-bond acceptors (Lipinski definition) is 5. The maximum Gasteiger partial charge on any atom is 0.323 e. The SMILES string of the molecule is CSc1ccc(C2C3=C(N=c4sc(=Cc5cn(CC(=O)O)c6ccccc56)c(=O)n42)c2ccccc2CC3)cc1. The molecule has 0 amide bonds. The first-order valence-electron chi connectivity index (χ1n) is 13.1. The lowest BCUT2D eigenvalue weighted by atomic mass is 9.83. The van der Waals surface area contributed by atoms with Gasteiger partial charge in [-0.2, -0.15) is 0 Å². The number of aliphatic carboxylic acids is 1. The summed E-state index contributed by atoms with van der Waals surface area (Å²) in [5.74, 6) is -0.912. The maximum atomic E-state index is 14.1. The van der Waals surface area contributed by atoms with E-state index in [9.17, 15) is 14.7 Å². The van der Waals surface area contributed by atoms with Crippen molar-refractivity contribution in [3.63, 3.8) is 0 Å². The van der Waals surface area contributed by atoms with Crippen molar-refractivity contribution in [3.8, 4) is 0 Å². The first-order chi connectivity index (χ1) is 19.5. The zero-order chi connectivity index (χ0) is 27.4. The molecule has 0 radical (unpaired) electrons. The number of para-hydroxylation sites is 1. The van der Waals surface area contributed by atoms with Crippen LogP contribution in [0.3, 0.4) is 0 Å². The second kappa shape index (κ2) is 9.80. The number of allylic oxidation sites excluding steroid dienone is 1. The molecule has 1 N–H and O–H groups in total. The highest BCUT2D eigenvalue weighted by molar-refractivity contribution is 7.98. The number of thiazole rings is 1. The van der Waals surface area contributed by atoms with Gasteiger partial charge in [-0.25, -0.2) is 4.99 Å². The minimum atomic E-state index is -0.912. The van der Waals surface area contributed by atoms with Gasteiger partial charge in [-0.3, -0.25) is 14.2 Å². The van der Waals surface area contributed by atoms with E-state index in [4.69, 9.17) is 4.99 Å². The van der Waals surface area contributed by atoms with Gasteiger partial charge in [0.05, 0.1) is 16.3 Å². The largest absolute Gasteiger partial charge is 0.480 e. The highest BCUT2D eigenvalue weighted by atomic mass is 32.2. The summed E-state index contributed by atoms with van der Waals surface area (Å²) in [6.45, 7) is -0.145. The lowest BCUT2D eigenvalue weighted by Gasteiger charge is -2.30. The zero-order valence-electron chi connectivity index (χ0n) is 21.7. The van der Waals surface area contributed by atoms with Crippen LogP contribution in [-0.2, 0) is 17.8 Å². The summed E-state index contributed by atoms with van der Waals surface area (Å²) in [5.41, 5.74) is 7.21. The van der Waals surface area contributed by atoms with Crippen LogP contribution in [0, 0.1) is 0 Å². The number of carboxylic acid groups (broad SMARTS) is 1. The van der Waals surface area contributed by atoms with Crippen LogP contribution in [0.25, 0.3) is 22.7 Å². The van der Waals surface area contributed by atoms with Crippen molar-refractivity contribution >= 4 is 51.7 Å². The molecule has 198 valence electrons. The second-order valence-corrected chi connectivity index (χ2v) is 11.9. The third kappa shape index (κ3) is 4.06. The van der Waals surface area contributed by atoms with Gasteiger partial charge in [0.2, 0.25) is 0 Å². The number of benzene rings is 3. The van der Waals surface area contributed by atoms with E-state index in [0.29, 0.717) is 9.33 Å². The Bertz CT molecular complexity index is 2030. The number of thioether (sulfide) groups is 1. The Labute approximate surface area is 238 Å². The normalized spacial score (nSPS) is 16.4. The van der Waals surface area contributed by atoms with Gasteiger partial charge in [0.1, 0.15) is 6.54 Å². The lowest BCUT2D eigenvalue weighted by Crippen LogP contribution is -2.38. The van der Waals surface area contributed by atoms with E-state index in [1.165, 1.54) is 27.4 Å². The number of aromatic nitrogens is 2. The van der Waals surface area contributed by atoms with E-state index < -0.39 is 5.97 Å². The summed E-state index contributed by atoms with van der Waals surface area (Å²) in [7, 11) is 0. The Hall–Kier alpha value is -4.14. The van der Waals surface area contributed by atoms with E-state index in [1.54, 1.807) is 16.3 Å². The van der Waals surface area contributed by atoms with Crippen molar-refractivity contribution in [2.45, 2.75) is 30.3 Å². The maximum absolute atomic E-state index is 14.1. The highest BCUT2D eigenvalue weighted by Gasteiger charge is 2.32. The molecule has 6 nitrogen and oxygen atoms in total. The average molecular weight is 564 g/mol. The molecule has 8 heteroatoms. The molecule has 7 rings (SSSR count). The number of hydrogen-bond donors (Lipinski definition) is 1. The summed E-state index contributed by atoms with van der Waals surface area (Å²) in [6.07, 6.45) is 7.52. The van der Waals surface area contributed by atoms with Crippen LogP contribution in [0.15, 0.2) is 99.2 Å². The van der Waals surface area contributed by atoms with Crippen molar-refractivity contribution in [2.75, 3.05) is 6.26 Å². The van der Waals surface area contributed by atoms with Crippen LogP contribution in [0.1, 0.15) is 34.7 Å². The number of rotatable bonds is 5. The molecule has 1 unspecified atom stereocenters. The van der Waals surface area contributed by atoms with E-state index in [-0.39, 0.29) is 18.1 Å². The van der Waals surface area contributed by atoms with Crippen molar-refractivity contribution in [1.82, 2.24) is 9.13 Å². The Morgan fingerprint density at radius 3 is 2.65 bits per heavy atom. The van der Waals surface area contributed by atoms with Crippen LogP contribution in [0.5, 0.6) is 0 Å². The Morgan fingerprint density at radius 2 is 1.85 bits per heavy atom. The van der Waals surface area contributed by atoms with Gasteiger partial charge in [-0.05, 0) is 60.1 Å². The van der Waals surface area contributed by atoms with Crippen LogP contribution < -0.4 is 14.9 Å². The van der Waals surface area contributed by atoms with E-state index in [1.807, 2.05) is 41.1 Å². The molecular formula is C32H25N3O3S2. The first-order valence-corrected chi connectivity index (χ1v) is 15.1. The third-order valence-electron chi connectivity index (χ3n) is 7.72. The summed E-state index contributed by atoms with van der Waals surface area (Å²) >= 11 is 3.09. The third-order valence-corrected chi connectivity index (χ3v) is 9.44. The van der Waals surface area contributed by atoms with Crippen molar-refractivity contribution in [1.29, 1.82) is 0 Å². The van der Waals surface area contributed by atoms with Gasteiger partial charge < -0.3 is 9.67 Å². The molecule has 1 aliphatic carbocycles. The van der Waals surface area contributed by atoms with E-state index in [0.717, 1.165) is 46.1 Å². The summed E-state index contributed by atoms with van der Waals surface area (Å²) in [4.78, 5) is 32.6. The summed E-state index contributed by atoms with van der Waals surface area (Å²) in [5, 5.41) is 10.3. The number of aryl methyl sites for hydroxylation is 1. The van der Waals surface area contributed by atoms with Gasteiger partial charge in [-0.1, -0.05) is 65.9 Å². The lowest BCUT2D eigenvalue weighted by molar-refractivity contribution is -0.137. The fraction of sp³-hybridized carbons (Fsp3) is 0.156. The molecule has 0 saturated heterocycles. The summed E-state index contributed by atoms with van der Waals surface area (Å²) in [6, 6.07) is 24.4. The van der Waals surface area contributed by atoms with Crippen LogP contribution in [0.2, 0.25) is 0 Å². The predicted molar refractivity (Wildman–Crippen MR) is 161 cm³/mol. The fourth-order valence-electron chi connectivity index (χ4n) is 5.92. The molecule has 1 aliphatic heterocycles. The molecular weight excluding hydrogens is 539 g/mol. The van der Waals surface area contributed by atoms with Gasteiger partial charge in [-0.15, -0.1) is 11.8 Å². The quantitative estimate of drug-likeness (QED) is 0.303. The number of carbonyl (C=O) groups is 1. The topological polar surface area (TPSA) is 76.6 Å². The van der Waals surface area contributed by atoms with Gasteiger partial charge in [0, 0.05) is 33.1 Å². The van der Waals surface area contributed by atoms with Gasteiger partial charge >= 0.3 is 5.97 Å². The predicted octanol–water partition coefficient (Wildman–Crippen LogP) is 5.08. The molecule has 0 spiro atoms. The Kier molecular flexibility index (Phi) is 6.09. The number of nitrogens with zero attached hydrogens (tertiary/aromatic N) is 3. The molecule has 0 bridgehead atoms. The first kappa shape index (κ1) is 24.9. The Morgan fingerprint density at radius 1 is 1.07 bits per heavy atom. The zero-order valence-corrected chi connectivity index (χ0v) is 23.3. The van der Waals surface area contributed by atoms with E-state index >= 15 is 0 Å². The van der Waals surface area contributed by atoms with Gasteiger partial charge in [0.15, 0.2) is 4.80 Å². The van der Waals surface area contributed by atoms with Crippen LogP contribution in [-0.4, -0.2) is 26.5 Å². The standard InChI is InChI=1S/C32H25N3O3S2/c1-39-22-13-10-20(11-14-22)30-25-15-12-19-6-2-3-8-24(19)29(25)33-32-35(30)31(38)27(40-32)16-21-17-34(18-28(36)37)26-9-5-4-7-23(21)26/h2-11,13-14,16-17,30H,12,15,18H2,1H3,(H,36,37). The van der Waals surface area contributed by atoms with Crippen LogP contribution in [0.4, 0.5) is 0 Å². The molecule has 3 aromatic carbocycles. The molecule has 0 fully saturated rings. The van der Waals surface area contributed by atoms with Crippen molar-refractivity contribution in [3.05, 3.63) is 127 Å². The van der Waals surface area contributed by atoms with Crippen molar-refractivity contribution < 1.29 is 9.90 Å². The minimum Gasteiger partial charge on any atom is -0.480 e. The monoisotopic (exact) mass is 563 g/mol. The highest BCUT2D eigenvalue weighted by Crippen LogP contribution is 2.41. The second-order valence-electron chi connectivity index (χ2n) is 10.0. The smallest absolute Gasteiger partial charge is 0.323 e. The number of fused-ring (bicyclic) bond motifs is 4. The van der Waals surface area contributed by atoms with Gasteiger partial charge in [0.25, 0.3) is 5.56 Å². The number of carboxylic acids is 1. The molecule has 3 heterocycles. The molecule has 0 saturated carbocycles. The Balaban J connectivity index is 1.46. The molecule has 2 aromatic heterocycles. The molecule has 5 aromatic rings. The summed E-state index contributed by atoms with van der Waals surface area (Å²) < 4.78 is 4.15. The average Bonchev–Trinajstić information content (AvgIpc) is 3.48.